The van der Waals surface area contributed by atoms with E-state index in [0.29, 0.717) is 12.0 Å². The van der Waals surface area contributed by atoms with Crippen molar-refractivity contribution >= 4 is 5.69 Å². The van der Waals surface area contributed by atoms with Crippen LogP contribution in [0.25, 0.3) is 0 Å². The summed E-state index contributed by atoms with van der Waals surface area (Å²) in [7, 11) is 4.38. The third kappa shape index (κ3) is 3.95. The smallest absolute Gasteiger partial charge is 0.0371 e. The monoisotopic (exact) mass is 261 g/mol. The van der Waals surface area contributed by atoms with Gasteiger partial charge in [-0.2, -0.15) is 0 Å². The van der Waals surface area contributed by atoms with Crippen LogP contribution in [0.1, 0.15) is 25.3 Å². The molecule has 0 aromatic heterocycles. The van der Waals surface area contributed by atoms with Gasteiger partial charge in [-0.3, -0.25) is 0 Å². The first-order valence-corrected chi connectivity index (χ1v) is 7.29. The average molecular weight is 261 g/mol. The highest BCUT2D eigenvalue weighted by Gasteiger charge is 2.18. The molecule has 1 aromatic carbocycles. The van der Waals surface area contributed by atoms with Gasteiger partial charge < -0.3 is 15.1 Å². The van der Waals surface area contributed by atoms with Gasteiger partial charge in [-0.15, -0.1) is 0 Å². The molecule has 2 rings (SSSR count). The van der Waals surface area contributed by atoms with Gasteiger partial charge in [-0.1, -0.05) is 26.0 Å². The third-order valence-electron chi connectivity index (χ3n) is 3.95. The lowest BCUT2D eigenvalue weighted by Crippen LogP contribution is -2.53. The molecular formula is C16H27N3. The molecule has 1 aliphatic rings. The zero-order valence-corrected chi connectivity index (χ0v) is 12.7. The Hall–Kier alpha value is -1.06. The average Bonchev–Trinajstić information content (AvgIpc) is 2.39. The maximum absolute atomic E-state index is 3.60. The van der Waals surface area contributed by atoms with E-state index in [0.717, 1.165) is 26.2 Å². The molecule has 1 atom stereocenters. The topological polar surface area (TPSA) is 18.5 Å². The Morgan fingerprint density at radius 3 is 2.58 bits per heavy atom. The molecule has 0 spiro atoms. The number of piperazine rings is 1. The number of nitrogens with one attached hydrogen (secondary N) is 1. The molecule has 0 aliphatic carbocycles. The number of benzene rings is 1. The lowest BCUT2D eigenvalue weighted by Gasteiger charge is -2.34. The molecule has 106 valence electrons. The van der Waals surface area contributed by atoms with Gasteiger partial charge in [0, 0.05) is 45.0 Å². The maximum atomic E-state index is 3.60. The first-order chi connectivity index (χ1) is 9.06. The summed E-state index contributed by atoms with van der Waals surface area (Å²) in [6.45, 7) is 8.92. The molecule has 0 amide bonds. The van der Waals surface area contributed by atoms with Crippen molar-refractivity contribution in [1.82, 2.24) is 10.2 Å². The first kappa shape index (κ1) is 14.4. The van der Waals surface area contributed by atoms with Crippen molar-refractivity contribution in [3.8, 4) is 0 Å². The lowest BCUT2D eigenvalue weighted by molar-refractivity contribution is 0.241. The highest BCUT2D eigenvalue weighted by molar-refractivity contribution is 5.47. The van der Waals surface area contributed by atoms with Gasteiger partial charge in [0.2, 0.25) is 0 Å². The van der Waals surface area contributed by atoms with Crippen LogP contribution >= 0.6 is 0 Å². The fraction of sp³-hybridized carbons (Fsp3) is 0.625. The van der Waals surface area contributed by atoms with E-state index in [-0.39, 0.29) is 0 Å². The minimum absolute atomic E-state index is 0.563. The van der Waals surface area contributed by atoms with Crippen molar-refractivity contribution in [2.75, 3.05) is 45.2 Å². The van der Waals surface area contributed by atoms with E-state index in [1.165, 1.54) is 11.3 Å². The van der Waals surface area contributed by atoms with Crippen LogP contribution in [0, 0.1) is 0 Å². The summed E-state index contributed by atoms with van der Waals surface area (Å²) < 4.78 is 0. The van der Waals surface area contributed by atoms with Gasteiger partial charge >= 0.3 is 0 Å². The predicted molar refractivity (Wildman–Crippen MR) is 83.1 cm³/mol. The second-order valence-electron chi connectivity index (χ2n) is 6.04. The summed E-state index contributed by atoms with van der Waals surface area (Å²) in [4.78, 5) is 4.75. The fourth-order valence-corrected chi connectivity index (χ4v) is 2.66. The summed E-state index contributed by atoms with van der Waals surface area (Å²) in [6.07, 6.45) is 0. The quantitative estimate of drug-likeness (QED) is 0.896. The van der Waals surface area contributed by atoms with Crippen LogP contribution in [0.3, 0.4) is 0 Å². The lowest BCUT2D eigenvalue weighted by atomic mass is 10.0. The fourth-order valence-electron chi connectivity index (χ4n) is 2.66. The van der Waals surface area contributed by atoms with Crippen molar-refractivity contribution < 1.29 is 0 Å². The van der Waals surface area contributed by atoms with Gasteiger partial charge in [0.15, 0.2) is 0 Å². The molecule has 0 radical (unpaired) electrons. The maximum Gasteiger partial charge on any atom is 0.0371 e. The zero-order chi connectivity index (χ0) is 13.8. The largest absolute Gasteiger partial charge is 0.373 e. The Bertz CT molecular complexity index is 385. The highest BCUT2D eigenvalue weighted by atomic mass is 15.2. The molecule has 1 fully saturated rings. The van der Waals surface area contributed by atoms with E-state index in [4.69, 9.17) is 0 Å². The minimum Gasteiger partial charge on any atom is -0.373 e. The molecule has 1 heterocycles. The SMILES string of the molecule is CC(C)c1ccc(N(C)CC2CN(C)CCN2)cc1. The summed E-state index contributed by atoms with van der Waals surface area (Å²) in [5.74, 6) is 0.605. The molecule has 1 aliphatic heterocycles. The number of hydrogen-bond donors (Lipinski definition) is 1. The Morgan fingerprint density at radius 1 is 1.32 bits per heavy atom. The Kier molecular flexibility index (Phi) is 4.83. The summed E-state index contributed by atoms with van der Waals surface area (Å²) in [5.41, 5.74) is 2.71. The third-order valence-corrected chi connectivity index (χ3v) is 3.95. The van der Waals surface area contributed by atoms with E-state index in [1.807, 2.05) is 0 Å². The van der Waals surface area contributed by atoms with Gasteiger partial charge in [-0.25, -0.2) is 0 Å². The molecular weight excluding hydrogens is 234 g/mol. The van der Waals surface area contributed by atoms with Crippen molar-refractivity contribution in [1.29, 1.82) is 0 Å². The minimum atomic E-state index is 0.563. The predicted octanol–water partition coefficient (Wildman–Crippen LogP) is 2.15. The summed E-state index contributed by atoms with van der Waals surface area (Å²) >= 11 is 0. The van der Waals surface area contributed by atoms with Crippen LogP contribution in [0.15, 0.2) is 24.3 Å². The Morgan fingerprint density at radius 2 is 2.00 bits per heavy atom. The van der Waals surface area contributed by atoms with E-state index >= 15 is 0 Å². The van der Waals surface area contributed by atoms with Gasteiger partial charge in [0.1, 0.15) is 0 Å². The number of anilines is 1. The van der Waals surface area contributed by atoms with Crippen LogP contribution in [0.4, 0.5) is 5.69 Å². The van der Waals surface area contributed by atoms with E-state index in [2.05, 4.69) is 67.3 Å². The standard InChI is InChI=1S/C16H27N3/c1-13(2)14-5-7-16(8-6-14)19(4)12-15-11-18(3)10-9-17-15/h5-8,13,15,17H,9-12H2,1-4H3. The van der Waals surface area contributed by atoms with Crippen molar-refractivity contribution in [3.05, 3.63) is 29.8 Å². The van der Waals surface area contributed by atoms with Gasteiger partial charge in [0.05, 0.1) is 0 Å². The van der Waals surface area contributed by atoms with E-state index in [9.17, 15) is 0 Å². The van der Waals surface area contributed by atoms with Crippen LogP contribution in [-0.2, 0) is 0 Å². The van der Waals surface area contributed by atoms with Crippen molar-refractivity contribution in [2.24, 2.45) is 0 Å². The zero-order valence-electron chi connectivity index (χ0n) is 12.7. The number of nitrogens with zero attached hydrogens (tertiary/aromatic N) is 2. The number of likely N-dealkylation sites (N-methyl/N-ethyl adjacent to an activating group) is 2. The second-order valence-corrected chi connectivity index (χ2v) is 6.04. The number of hydrogen-bond acceptors (Lipinski definition) is 3. The molecule has 0 bridgehead atoms. The molecule has 3 nitrogen and oxygen atoms in total. The molecule has 1 saturated heterocycles. The summed E-state index contributed by atoms with van der Waals surface area (Å²) in [5, 5.41) is 3.60. The van der Waals surface area contributed by atoms with Crippen molar-refractivity contribution in [3.63, 3.8) is 0 Å². The molecule has 0 saturated carbocycles. The molecule has 1 aromatic rings. The highest BCUT2D eigenvalue weighted by Crippen LogP contribution is 2.19. The normalized spacial score (nSPS) is 20.8. The second kappa shape index (κ2) is 6.40. The molecule has 1 N–H and O–H groups in total. The summed E-state index contributed by atoms with van der Waals surface area (Å²) in [6, 6.07) is 9.53. The van der Waals surface area contributed by atoms with E-state index in [1.54, 1.807) is 0 Å². The van der Waals surface area contributed by atoms with Gasteiger partial charge in [0.25, 0.3) is 0 Å². The molecule has 1 unspecified atom stereocenters. The van der Waals surface area contributed by atoms with Crippen molar-refractivity contribution in [2.45, 2.75) is 25.8 Å². The number of rotatable bonds is 4. The Balaban J connectivity index is 1.93. The van der Waals surface area contributed by atoms with Crippen LogP contribution in [-0.4, -0.2) is 51.2 Å². The van der Waals surface area contributed by atoms with Crippen LogP contribution in [0.2, 0.25) is 0 Å². The van der Waals surface area contributed by atoms with E-state index < -0.39 is 0 Å². The first-order valence-electron chi connectivity index (χ1n) is 7.29. The Labute approximate surface area is 117 Å². The van der Waals surface area contributed by atoms with Crippen LogP contribution < -0.4 is 10.2 Å². The molecule has 19 heavy (non-hydrogen) atoms. The van der Waals surface area contributed by atoms with Gasteiger partial charge in [-0.05, 0) is 30.7 Å². The van der Waals surface area contributed by atoms with Crippen LogP contribution in [0.5, 0.6) is 0 Å². The molecule has 3 heteroatoms.